The molecule has 186 valence electrons. The molecule has 0 aliphatic heterocycles. The minimum absolute atomic E-state index is 0.118. The summed E-state index contributed by atoms with van der Waals surface area (Å²) in [6, 6.07) is 25.6. The molecule has 7 nitrogen and oxygen atoms in total. The molecule has 0 aliphatic carbocycles. The lowest BCUT2D eigenvalue weighted by Gasteiger charge is -2.12. The molecule has 0 spiro atoms. The molecule has 2 N–H and O–H groups in total. The van der Waals surface area contributed by atoms with Gasteiger partial charge in [0.25, 0.3) is 0 Å². The van der Waals surface area contributed by atoms with Gasteiger partial charge in [0.05, 0.1) is 18.9 Å². The number of benzene rings is 3. The van der Waals surface area contributed by atoms with Gasteiger partial charge in [-0.1, -0.05) is 67.6 Å². The maximum atomic E-state index is 12.7. The summed E-state index contributed by atoms with van der Waals surface area (Å²) in [5.74, 6) is 1.61. The first-order valence-electron chi connectivity index (χ1n) is 12.1. The molecule has 0 atom stereocenters. The van der Waals surface area contributed by atoms with Crippen molar-refractivity contribution in [3.05, 3.63) is 90.3 Å². The zero-order valence-corrected chi connectivity index (χ0v) is 21.4. The predicted molar refractivity (Wildman–Crippen MR) is 146 cm³/mol. The third-order valence-corrected chi connectivity index (χ3v) is 6.44. The average molecular weight is 502 g/mol. The summed E-state index contributed by atoms with van der Waals surface area (Å²) in [6.45, 7) is 5.36. The number of para-hydroxylation sites is 2. The van der Waals surface area contributed by atoms with Crippen LogP contribution in [0.15, 0.2) is 84.0 Å². The molecular weight excluding hydrogens is 470 g/mol. The molecule has 0 saturated carbocycles. The first-order chi connectivity index (χ1) is 17.6. The van der Waals surface area contributed by atoms with Gasteiger partial charge in [-0.25, -0.2) is 0 Å². The number of aryl methyl sites for hydroxylation is 1. The molecule has 0 bridgehead atoms. The van der Waals surface area contributed by atoms with Gasteiger partial charge in [0.1, 0.15) is 5.75 Å². The van der Waals surface area contributed by atoms with Gasteiger partial charge in [0.15, 0.2) is 11.0 Å². The molecule has 36 heavy (non-hydrogen) atoms. The number of nitrogens with one attached hydrogen (secondary N) is 2. The second-order valence-corrected chi connectivity index (χ2v) is 9.25. The number of unbranched alkanes of at least 4 members (excludes halogenated alkanes) is 1. The van der Waals surface area contributed by atoms with E-state index in [-0.39, 0.29) is 11.7 Å². The van der Waals surface area contributed by atoms with Gasteiger partial charge in [-0.2, -0.15) is 0 Å². The van der Waals surface area contributed by atoms with Crippen molar-refractivity contribution in [3.8, 4) is 11.4 Å². The van der Waals surface area contributed by atoms with Crippen molar-refractivity contribution in [1.82, 2.24) is 14.8 Å². The van der Waals surface area contributed by atoms with Gasteiger partial charge >= 0.3 is 0 Å². The van der Waals surface area contributed by atoms with E-state index in [1.54, 1.807) is 0 Å². The summed E-state index contributed by atoms with van der Waals surface area (Å²) in [7, 11) is 0. The van der Waals surface area contributed by atoms with Gasteiger partial charge in [-0.3, -0.25) is 9.36 Å². The molecule has 3 aromatic carbocycles. The largest absolute Gasteiger partial charge is 0.494 e. The molecule has 1 heterocycles. The van der Waals surface area contributed by atoms with Crippen molar-refractivity contribution >= 4 is 29.0 Å². The Morgan fingerprint density at radius 1 is 1.00 bits per heavy atom. The predicted octanol–water partition coefficient (Wildman–Crippen LogP) is 6.10. The van der Waals surface area contributed by atoms with E-state index in [1.807, 2.05) is 77.4 Å². The molecule has 8 heteroatoms. The summed E-state index contributed by atoms with van der Waals surface area (Å²) in [5.41, 5.74) is 3.87. The van der Waals surface area contributed by atoms with E-state index in [4.69, 9.17) is 4.74 Å². The molecule has 4 rings (SSSR count). The number of anilines is 2. The van der Waals surface area contributed by atoms with Crippen molar-refractivity contribution in [1.29, 1.82) is 0 Å². The minimum Gasteiger partial charge on any atom is -0.494 e. The lowest BCUT2D eigenvalue weighted by atomic mass is 10.2. The Morgan fingerprint density at radius 2 is 1.81 bits per heavy atom. The highest BCUT2D eigenvalue weighted by molar-refractivity contribution is 7.99. The molecule has 0 saturated heterocycles. The summed E-state index contributed by atoms with van der Waals surface area (Å²) >= 11 is 1.35. The van der Waals surface area contributed by atoms with Gasteiger partial charge in [0, 0.05) is 23.1 Å². The Morgan fingerprint density at radius 3 is 2.61 bits per heavy atom. The molecule has 0 fully saturated rings. The Kier molecular flexibility index (Phi) is 8.99. The SMILES string of the molecule is CCCCOc1cccc(NC(=O)CSc2nnc(CNc3ccccc3C)n2-c2ccccc2)c1. The molecule has 1 aromatic heterocycles. The maximum absolute atomic E-state index is 12.7. The Hall–Kier alpha value is -3.78. The smallest absolute Gasteiger partial charge is 0.234 e. The van der Waals surface area contributed by atoms with Crippen LogP contribution in [-0.2, 0) is 11.3 Å². The van der Waals surface area contributed by atoms with E-state index in [9.17, 15) is 4.79 Å². The number of carbonyl (C=O) groups is 1. The van der Waals surface area contributed by atoms with Crippen LogP contribution in [0.4, 0.5) is 11.4 Å². The number of carbonyl (C=O) groups excluding carboxylic acids is 1. The Bertz CT molecular complexity index is 1280. The lowest BCUT2D eigenvalue weighted by molar-refractivity contribution is -0.113. The van der Waals surface area contributed by atoms with Gasteiger partial charge in [0.2, 0.25) is 5.91 Å². The third-order valence-electron chi connectivity index (χ3n) is 5.51. The standard InChI is InChI=1S/C28H31N5O2S/c1-3-4-17-35-24-15-10-12-22(18-24)30-27(34)20-36-28-32-31-26(33(28)23-13-6-5-7-14-23)19-29-25-16-9-8-11-21(25)2/h5-16,18,29H,3-4,17,19-20H2,1-2H3,(H,30,34). The molecular formula is C28H31N5O2S. The van der Waals surface area contributed by atoms with Crippen LogP contribution >= 0.6 is 11.8 Å². The first kappa shape index (κ1) is 25.3. The number of amides is 1. The van der Waals surface area contributed by atoms with Crippen molar-refractivity contribution in [3.63, 3.8) is 0 Å². The summed E-state index contributed by atoms with van der Waals surface area (Å²) in [5, 5.41) is 15.9. The molecule has 0 aliphatic rings. The molecule has 4 aromatic rings. The van der Waals surface area contributed by atoms with Crippen LogP contribution in [0.2, 0.25) is 0 Å². The van der Waals surface area contributed by atoms with Gasteiger partial charge in [-0.05, 0) is 49.2 Å². The second-order valence-electron chi connectivity index (χ2n) is 8.30. The highest BCUT2D eigenvalue weighted by Crippen LogP contribution is 2.24. The number of thioether (sulfide) groups is 1. The summed E-state index contributed by atoms with van der Waals surface area (Å²) in [6.07, 6.45) is 2.07. The van der Waals surface area contributed by atoms with Crippen LogP contribution in [0.25, 0.3) is 5.69 Å². The molecule has 1 amide bonds. The molecule has 0 radical (unpaired) electrons. The maximum Gasteiger partial charge on any atom is 0.234 e. The van der Waals surface area contributed by atoms with E-state index in [0.29, 0.717) is 24.0 Å². The number of hydrogen-bond donors (Lipinski definition) is 2. The number of ether oxygens (including phenoxy) is 1. The quantitative estimate of drug-likeness (QED) is 0.180. The summed E-state index contributed by atoms with van der Waals surface area (Å²) < 4.78 is 7.74. The van der Waals surface area contributed by atoms with E-state index in [0.717, 1.165) is 41.4 Å². The number of hydrogen-bond acceptors (Lipinski definition) is 6. The van der Waals surface area contributed by atoms with E-state index >= 15 is 0 Å². The van der Waals surface area contributed by atoms with E-state index in [2.05, 4.69) is 40.7 Å². The fourth-order valence-corrected chi connectivity index (χ4v) is 4.39. The van der Waals surface area contributed by atoms with Crippen LogP contribution in [-0.4, -0.2) is 33.0 Å². The van der Waals surface area contributed by atoms with Crippen LogP contribution in [0.1, 0.15) is 31.2 Å². The Labute approximate surface area is 216 Å². The van der Waals surface area contributed by atoms with E-state index < -0.39 is 0 Å². The second kappa shape index (κ2) is 12.8. The van der Waals surface area contributed by atoms with Crippen molar-refractivity contribution in [2.45, 2.75) is 38.4 Å². The summed E-state index contributed by atoms with van der Waals surface area (Å²) in [4.78, 5) is 12.7. The van der Waals surface area contributed by atoms with Crippen molar-refractivity contribution in [2.24, 2.45) is 0 Å². The fourth-order valence-electron chi connectivity index (χ4n) is 3.62. The van der Waals surface area contributed by atoms with Gasteiger partial charge < -0.3 is 15.4 Å². The van der Waals surface area contributed by atoms with Crippen LogP contribution in [0, 0.1) is 6.92 Å². The zero-order chi connectivity index (χ0) is 25.2. The normalized spacial score (nSPS) is 10.7. The zero-order valence-electron chi connectivity index (χ0n) is 20.6. The average Bonchev–Trinajstić information content (AvgIpc) is 3.31. The number of nitrogens with zero attached hydrogens (tertiary/aromatic N) is 3. The topological polar surface area (TPSA) is 81.1 Å². The lowest BCUT2D eigenvalue weighted by Crippen LogP contribution is -2.15. The highest BCUT2D eigenvalue weighted by atomic mass is 32.2. The van der Waals surface area contributed by atoms with Crippen LogP contribution in [0.3, 0.4) is 0 Å². The minimum atomic E-state index is -0.118. The Balaban J connectivity index is 1.43. The van der Waals surface area contributed by atoms with Crippen LogP contribution < -0.4 is 15.4 Å². The monoisotopic (exact) mass is 501 g/mol. The van der Waals surface area contributed by atoms with Crippen molar-refractivity contribution in [2.75, 3.05) is 23.0 Å². The van der Waals surface area contributed by atoms with Crippen LogP contribution in [0.5, 0.6) is 5.75 Å². The third kappa shape index (κ3) is 6.88. The van der Waals surface area contributed by atoms with Crippen molar-refractivity contribution < 1.29 is 9.53 Å². The first-order valence-corrected chi connectivity index (χ1v) is 13.1. The highest BCUT2D eigenvalue weighted by Gasteiger charge is 2.16. The van der Waals surface area contributed by atoms with Gasteiger partial charge in [-0.15, -0.1) is 10.2 Å². The fraction of sp³-hybridized carbons (Fsp3) is 0.250. The van der Waals surface area contributed by atoms with E-state index in [1.165, 1.54) is 11.8 Å². The number of aromatic nitrogens is 3. The number of rotatable bonds is 12. The molecule has 0 unspecified atom stereocenters.